The smallest absolute Gasteiger partial charge is 0.273 e. The number of carbonyl (C=O) groups excluding carboxylic acids is 1. The molecule has 1 aromatic heterocycles. The number of hydrogen-bond donors (Lipinski definition) is 2. The van der Waals surface area contributed by atoms with Crippen molar-refractivity contribution >= 4 is 49.0 Å². The Kier molecular flexibility index (Phi) is 4.74. The first-order valence-corrected chi connectivity index (χ1v) is 9.41. The van der Waals surface area contributed by atoms with Crippen LogP contribution in [0.3, 0.4) is 0 Å². The molecule has 0 spiro atoms. The summed E-state index contributed by atoms with van der Waals surface area (Å²) in [7, 11) is -4.49. The maximum Gasteiger partial charge on any atom is 0.277 e. The summed E-state index contributed by atoms with van der Waals surface area (Å²) in [6.45, 7) is 0. The molecule has 0 radical (unpaired) electrons. The lowest BCUT2D eigenvalue weighted by Gasteiger charge is -2.08. The minimum Gasteiger partial charge on any atom is -0.273 e. The maximum absolute atomic E-state index is 13.6. The third kappa shape index (κ3) is 3.49. The van der Waals surface area contributed by atoms with Crippen LogP contribution in [0.15, 0.2) is 47.4 Å². The van der Waals surface area contributed by atoms with Crippen LogP contribution in [-0.4, -0.2) is 14.3 Å². The summed E-state index contributed by atoms with van der Waals surface area (Å²) in [4.78, 5) is 13.1. The summed E-state index contributed by atoms with van der Waals surface area (Å²) < 4.78 is 51.6. The Morgan fingerprint density at radius 1 is 1.12 bits per heavy atom. The average molecular weight is 403 g/mol. The SMILES string of the molecule is O=C(NNS(=O)(=O)c1cc(F)ccc1F)c1sc2ccccc2c1Cl. The van der Waals surface area contributed by atoms with Gasteiger partial charge in [-0.1, -0.05) is 29.8 Å². The molecule has 5 nitrogen and oxygen atoms in total. The molecule has 0 saturated heterocycles. The van der Waals surface area contributed by atoms with Crippen molar-refractivity contribution < 1.29 is 22.0 Å². The normalized spacial score (nSPS) is 11.6. The zero-order valence-electron chi connectivity index (χ0n) is 12.2. The van der Waals surface area contributed by atoms with Gasteiger partial charge < -0.3 is 0 Å². The summed E-state index contributed by atoms with van der Waals surface area (Å²) in [6, 6.07) is 8.96. The van der Waals surface area contributed by atoms with Gasteiger partial charge in [-0.2, -0.15) is 0 Å². The van der Waals surface area contributed by atoms with Crippen LogP contribution in [0.4, 0.5) is 8.78 Å². The highest BCUT2D eigenvalue weighted by molar-refractivity contribution is 7.89. The standard InChI is InChI=1S/C15H9ClF2N2O3S2/c16-13-9-3-1-2-4-11(9)24-14(13)15(21)19-20-25(22,23)12-7-8(17)5-6-10(12)18/h1-7,20H,(H,19,21). The van der Waals surface area contributed by atoms with Crippen LogP contribution in [0.5, 0.6) is 0 Å². The number of fused-ring (bicyclic) bond motifs is 1. The van der Waals surface area contributed by atoms with Crippen molar-refractivity contribution in [3.05, 3.63) is 64.0 Å². The molecule has 1 heterocycles. The third-order valence-corrected chi connectivity index (χ3v) is 6.16. The Bertz CT molecular complexity index is 1080. The Morgan fingerprint density at radius 3 is 2.56 bits per heavy atom. The van der Waals surface area contributed by atoms with Gasteiger partial charge >= 0.3 is 0 Å². The molecule has 0 aliphatic heterocycles. The Labute approximate surface area is 150 Å². The molecule has 0 fully saturated rings. The van der Waals surface area contributed by atoms with Crippen molar-refractivity contribution in [2.75, 3.05) is 0 Å². The second kappa shape index (κ2) is 6.68. The number of thiophene rings is 1. The van der Waals surface area contributed by atoms with Gasteiger partial charge in [0, 0.05) is 10.1 Å². The zero-order chi connectivity index (χ0) is 18.2. The number of halogens is 3. The number of hydrogen-bond acceptors (Lipinski definition) is 4. The number of amides is 1. The highest BCUT2D eigenvalue weighted by atomic mass is 35.5. The molecule has 130 valence electrons. The predicted octanol–water partition coefficient (Wildman–Crippen LogP) is 3.46. The van der Waals surface area contributed by atoms with E-state index in [-0.39, 0.29) is 9.90 Å². The van der Waals surface area contributed by atoms with Gasteiger partial charge in [-0.05, 0) is 24.3 Å². The summed E-state index contributed by atoms with van der Waals surface area (Å²) in [6.07, 6.45) is 0. The molecule has 10 heteroatoms. The van der Waals surface area contributed by atoms with Gasteiger partial charge in [0.1, 0.15) is 21.4 Å². The van der Waals surface area contributed by atoms with Crippen LogP contribution >= 0.6 is 22.9 Å². The van der Waals surface area contributed by atoms with Crippen molar-refractivity contribution in [3.8, 4) is 0 Å². The number of nitrogens with one attached hydrogen (secondary N) is 2. The van der Waals surface area contributed by atoms with Gasteiger partial charge in [-0.3, -0.25) is 10.2 Å². The Hall–Kier alpha value is -2.07. The first kappa shape index (κ1) is 17.7. The van der Waals surface area contributed by atoms with Crippen molar-refractivity contribution in [1.82, 2.24) is 10.3 Å². The third-order valence-electron chi connectivity index (χ3n) is 3.22. The van der Waals surface area contributed by atoms with Crippen LogP contribution in [0.2, 0.25) is 5.02 Å². The van der Waals surface area contributed by atoms with Crippen LogP contribution in [0.25, 0.3) is 10.1 Å². The number of rotatable bonds is 4. The molecule has 25 heavy (non-hydrogen) atoms. The molecule has 2 aromatic carbocycles. The van der Waals surface area contributed by atoms with E-state index in [0.717, 1.165) is 22.1 Å². The maximum atomic E-state index is 13.6. The van der Waals surface area contributed by atoms with E-state index in [2.05, 4.69) is 0 Å². The van der Waals surface area contributed by atoms with E-state index < -0.39 is 32.5 Å². The fraction of sp³-hybridized carbons (Fsp3) is 0. The molecule has 0 atom stereocenters. The lowest BCUT2D eigenvalue weighted by molar-refractivity contribution is 0.0949. The van der Waals surface area contributed by atoms with E-state index >= 15 is 0 Å². The molecule has 0 saturated carbocycles. The highest BCUT2D eigenvalue weighted by Gasteiger charge is 2.23. The number of hydrazine groups is 1. The number of carbonyl (C=O) groups is 1. The van der Waals surface area contributed by atoms with Gasteiger partial charge in [0.05, 0.1) is 5.02 Å². The van der Waals surface area contributed by atoms with Gasteiger partial charge in [-0.15, -0.1) is 16.2 Å². The molecule has 3 aromatic rings. The monoisotopic (exact) mass is 402 g/mol. The van der Waals surface area contributed by atoms with E-state index in [1.165, 1.54) is 0 Å². The second-order valence-electron chi connectivity index (χ2n) is 4.88. The van der Waals surface area contributed by atoms with Crippen molar-refractivity contribution in [3.63, 3.8) is 0 Å². The molecule has 0 bridgehead atoms. The van der Waals surface area contributed by atoms with Crippen LogP contribution < -0.4 is 10.3 Å². The first-order valence-electron chi connectivity index (χ1n) is 6.74. The fourth-order valence-corrected chi connectivity index (χ4v) is 4.41. The number of sulfonamides is 1. The van der Waals surface area contributed by atoms with Gasteiger partial charge in [0.25, 0.3) is 15.9 Å². The lowest BCUT2D eigenvalue weighted by atomic mass is 10.2. The first-order chi connectivity index (χ1) is 11.8. The Morgan fingerprint density at radius 2 is 1.84 bits per heavy atom. The van der Waals surface area contributed by atoms with Crippen molar-refractivity contribution in [2.45, 2.75) is 4.90 Å². The van der Waals surface area contributed by atoms with Crippen LogP contribution in [0.1, 0.15) is 9.67 Å². The largest absolute Gasteiger partial charge is 0.277 e. The van der Waals surface area contributed by atoms with Gasteiger partial charge in [0.15, 0.2) is 0 Å². The molecule has 3 rings (SSSR count). The molecular formula is C15H9ClF2N2O3S2. The van der Waals surface area contributed by atoms with Gasteiger partial charge in [0.2, 0.25) is 0 Å². The molecule has 0 unspecified atom stereocenters. The predicted molar refractivity (Wildman–Crippen MR) is 91.0 cm³/mol. The zero-order valence-corrected chi connectivity index (χ0v) is 14.6. The summed E-state index contributed by atoms with van der Waals surface area (Å²) >= 11 is 7.20. The van der Waals surface area contributed by atoms with E-state index in [9.17, 15) is 22.0 Å². The average Bonchev–Trinajstić information content (AvgIpc) is 2.92. The summed E-state index contributed by atoms with van der Waals surface area (Å²) in [5.41, 5.74) is 1.95. The second-order valence-corrected chi connectivity index (χ2v) is 7.96. The lowest BCUT2D eigenvalue weighted by Crippen LogP contribution is -2.41. The minimum absolute atomic E-state index is 0.0882. The van der Waals surface area contributed by atoms with E-state index in [1.54, 1.807) is 29.1 Å². The van der Waals surface area contributed by atoms with Gasteiger partial charge in [-0.25, -0.2) is 17.2 Å². The van der Waals surface area contributed by atoms with Crippen molar-refractivity contribution in [1.29, 1.82) is 0 Å². The molecule has 0 aliphatic rings. The summed E-state index contributed by atoms with van der Waals surface area (Å²) in [5, 5.41) is 0.826. The number of benzene rings is 2. The highest BCUT2D eigenvalue weighted by Crippen LogP contribution is 2.34. The van der Waals surface area contributed by atoms with Crippen LogP contribution in [-0.2, 0) is 10.0 Å². The molecular weight excluding hydrogens is 394 g/mol. The summed E-state index contributed by atoms with van der Waals surface area (Å²) in [5.74, 6) is -2.89. The molecule has 2 N–H and O–H groups in total. The van der Waals surface area contributed by atoms with E-state index in [0.29, 0.717) is 17.5 Å². The van der Waals surface area contributed by atoms with Crippen molar-refractivity contribution in [2.24, 2.45) is 0 Å². The molecule has 1 amide bonds. The van der Waals surface area contributed by atoms with Crippen LogP contribution in [0, 0.1) is 11.6 Å². The van der Waals surface area contributed by atoms with E-state index in [4.69, 9.17) is 11.6 Å². The fourth-order valence-electron chi connectivity index (χ4n) is 2.07. The molecule has 0 aliphatic carbocycles. The Balaban J connectivity index is 1.83. The quantitative estimate of drug-likeness (QED) is 0.656. The topological polar surface area (TPSA) is 75.3 Å². The minimum atomic E-state index is -4.49. The van der Waals surface area contributed by atoms with E-state index in [1.807, 2.05) is 5.43 Å².